The third-order valence-corrected chi connectivity index (χ3v) is 4.30. The van der Waals surface area contributed by atoms with E-state index in [1.54, 1.807) is 42.5 Å². The van der Waals surface area contributed by atoms with Gasteiger partial charge in [0.1, 0.15) is 17.1 Å². The highest BCUT2D eigenvalue weighted by Gasteiger charge is 2.15. The number of fused-ring (bicyclic) bond motifs is 1. The van der Waals surface area contributed by atoms with Crippen LogP contribution in [0.25, 0.3) is 17.0 Å². The molecule has 3 aromatic carbocycles. The molecule has 0 atom stereocenters. The fraction of sp³-hybridized carbons (Fsp3) is 0. The lowest BCUT2D eigenvalue weighted by Gasteiger charge is -2.08. The first-order valence-corrected chi connectivity index (χ1v) is 8.88. The topological polar surface area (TPSA) is 56.5 Å². The molecule has 0 saturated heterocycles. The van der Waals surface area contributed by atoms with Crippen molar-refractivity contribution in [2.45, 2.75) is 0 Å². The number of carbonyl (C=O) groups excluding carboxylic acids is 2. The first-order valence-electron chi connectivity index (χ1n) is 8.88. The predicted molar refractivity (Wildman–Crippen MR) is 107 cm³/mol. The monoisotopic (exact) mass is 386 g/mol. The molecule has 0 aliphatic rings. The summed E-state index contributed by atoms with van der Waals surface area (Å²) in [6, 6.07) is 21.3. The van der Waals surface area contributed by atoms with E-state index >= 15 is 0 Å². The summed E-state index contributed by atoms with van der Waals surface area (Å²) in [6.45, 7) is 0. The summed E-state index contributed by atoms with van der Waals surface area (Å²) in [5, 5.41) is 0.837. The first kappa shape index (κ1) is 18.4. The minimum absolute atomic E-state index is 0.162. The molecule has 0 aliphatic heterocycles. The molecule has 142 valence electrons. The Morgan fingerprint density at radius 2 is 1.62 bits per heavy atom. The standard InChI is InChI=1S/C24H15FO4/c25-19-10-4-3-9-18(19)24(27)29-21-11-5-1-7-16(21)13-14-20(26)23-15-17-8-2-6-12-22(17)28-23/h1-15H. The summed E-state index contributed by atoms with van der Waals surface area (Å²) < 4.78 is 24.7. The number of ether oxygens (including phenoxy) is 1. The van der Waals surface area contributed by atoms with Gasteiger partial charge in [-0.2, -0.15) is 0 Å². The van der Waals surface area contributed by atoms with Gasteiger partial charge in [0.25, 0.3) is 0 Å². The Labute approximate surface area is 165 Å². The smallest absolute Gasteiger partial charge is 0.346 e. The second-order valence-corrected chi connectivity index (χ2v) is 6.25. The summed E-state index contributed by atoms with van der Waals surface area (Å²) in [7, 11) is 0. The van der Waals surface area contributed by atoms with Crippen molar-refractivity contribution in [1.29, 1.82) is 0 Å². The van der Waals surface area contributed by atoms with E-state index in [1.807, 2.05) is 18.2 Å². The summed E-state index contributed by atoms with van der Waals surface area (Å²) in [5.74, 6) is -1.37. The highest BCUT2D eigenvalue weighted by molar-refractivity contribution is 6.07. The van der Waals surface area contributed by atoms with Gasteiger partial charge in [-0.25, -0.2) is 9.18 Å². The zero-order chi connectivity index (χ0) is 20.2. The number of carbonyl (C=O) groups is 2. The Morgan fingerprint density at radius 1 is 0.897 bits per heavy atom. The van der Waals surface area contributed by atoms with Crippen LogP contribution in [0.3, 0.4) is 0 Å². The normalized spacial score (nSPS) is 11.1. The molecule has 1 aromatic heterocycles. The number of allylic oxidation sites excluding steroid dienone is 1. The number of hydrogen-bond donors (Lipinski definition) is 0. The molecule has 4 aromatic rings. The lowest BCUT2D eigenvalue weighted by atomic mass is 10.1. The highest BCUT2D eigenvalue weighted by Crippen LogP contribution is 2.23. The quantitative estimate of drug-likeness (QED) is 0.191. The largest absolute Gasteiger partial charge is 0.453 e. The molecule has 4 rings (SSSR count). The van der Waals surface area contributed by atoms with Crippen molar-refractivity contribution in [3.63, 3.8) is 0 Å². The molecule has 0 spiro atoms. The van der Waals surface area contributed by atoms with Crippen molar-refractivity contribution in [2.24, 2.45) is 0 Å². The molecule has 0 saturated carbocycles. The fourth-order valence-corrected chi connectivity index (χ4v) is 2.84. The average Bonchev–Trinajstić information content (AvgIpc) is 3.17. The summed E-state index contributed by atoms with van der Waals surface area (Å²) >= 11 is 0. The molecular formula is C24H15FO4. The molecule has 29 heavy (non-hydrogen) atoms. The molecule has 0 bridgehead atoms. The van der Waals surface area contributed by atoms with Crippen molar-refractivity contribution in [3.05, 3.63) is 108 Å². The van der Waals surface area contributed by atoms with Crippen molar-refractivity contribution >= 4 is 28.8 Å². The van der Waals surface area contributed by atoms with Gasteiger partial charge in [-0.05, 0) is 42.5 Å². The lowest BCUT2D eigenvalue weighted by molar-refractivity contribution is 0.0729. The average molecular weight is 386 g/mol. The van der Waals surface area contributed by atoms with Gasteiger partial charge in [-0.3, -0.25) is 4.79 Å². The molecule has 0 unspecified atom stereocenters. The lowest BCUT2D eigenvalue weighted by Crippen LogP contribution is -2.11. The molecule has 4 nitrogen and oxygen atoms in total. The van der Waals surface area contributed by atoms with Gasteiger partial charge in [0.05, 0.1) is 5.56 Å². The van der Waals surface area contributed by atoms with E-state index < -0.39 is 11.8 Å². The van der Waals surface area contributed by atoms with E-state index in [4.69, 9.17) is 9.15 Å². The minimum atomic E-state index is -0.812. The van der Waals surface area contributed by atoms with E-state index in [9.17, 15) is 14.0 Å². The van der Waals surface area contributed by atoms with Crippen molar-refractivity contribution in [3.8, 4) is 5.75 Å². The molecule has 0 fully saturated rings. The van der Waals surface area contributed by atoms with Crippen LogP contribution >= 0.6 is 0 Å². The van der Waals surface area contributed by atoms with Crippen LogP contribution in [0.2, 0.25) is 0 Å². The van der Waals surface area contributed by atoms with E-state index in [-0.39, 0.29) is 22.9 Å². The number of benzene rings is 3. The number of ketones is 1. The zero-order valence-electron chi connectivity index (χ0n) is 15.2. The third kappa shape index (κ3) is 3.99. The van der Waals surface area contributed by atoms with Crippen LogP contribution in [0.4, 0.5) is 4.39 Å². The number of hydrogen-bond acceptors (Lipinski definition) is 4. The van der Waals surface area contributed by atoms with Gasteiger partial charge in [0.2, 0.25) is 5.78 Å². The molecular weight excluding hydrogens is 371 g/mol. The fourth-order valence-electron chi connectivity index (χ4n) is 2.84. The number of furan rings is 1. The maximum atomic E-state index is 13.8. The Morgan fingerprint density at radius 3 is 2.45 bits per heavy atom. The number of rotatable bonds is 5. The van der Waals surface area contributed by atoms with Crippen molar-refractivity contribution in [1.82, 2.24) is 0 Å². The molecule has 1 heterocycles. The third-order valence-electron chi connectivity index (χ3n) is 4.30. The van der Waals surface area contributed by atoms with Gasteiger partial charge < -0.3 is 9.15 Å². The molecule has 0 radical (unpaired) electrons. The SMILES string of the molecule is O=C(C=Cc1ccccc1OC(=O)c1ccccc1F)c1cc2ccccc2o1. The van der Waals surface area contributed by atoms with Gasteiger partial charge in [-0.1, -0.05) is 48.5 Å². The summed E-state index contributed by atoms with van der Waals surface area (Å²) in [6.07, 6.45) is 2.87. The van der Waals surface area contributed by atoms with E-state index in [0.717, 1.165) is 5.39 Å². The van der Waals surface area contributed by atoms with E-state index in [1.165, 1.54) is 30.4 Å². The zero-order valence-corrected chi connectivity index (χ0v) is 15.2. The van der Waals surface area contributed by atoms with Crippen LogP contribution in [0.15, 0.2) is 89.4 Å². The number of para-hydroxylation sites is 2. The molecule has 0 amide bonds. The summed E-state index contributed by atoms with van der Waals surface area (Å²) in [5.41, 5.74) is 0.967. The van der Waals surface area contributed by atoms with Crippen LogP contribution in [0.1, 0.15) is 26.5 Å². The predicted octanol–water partition coefficient (Wildman–Crippen LogP) is 5.69. The van der Waals surface area contributed by atoms with Crippen LogP contribution < -0.4 is 4.74 Å². The Bertz CT molecular complexity index is 1200. The van der Waals surface area contributed by atoms with Crippen molar-refractivity contribution in [2.75, 3.05) is 0 Å². The van der Waals surface area contributed by atoms with Crippen LogP contribution in [0.5, 0.6) is 5.75 Å². The second kappa shape index (κ2) is 7.94. The van der Waals surface area contributed by atoms with Crippen LogP contribution in [0, 0.1) is 5.82 Å². The minimum Gasteiger partial charge on any atom is -0.453 e. The maximum absolute atomic E-state index is 13.8. The number of halogens is 1. The first-order chi connectivity index (χ1) is 14.1. The van der Waals surface area contributed by atoms with Gasteiger partial charge in [0, 0.05) is 10.9 Å². The summed E-state index contributed by atoms with van der Waals surface area (Å²) in [4.78, 5) is 24.7. The maximum Gasteiger partial charge on any atom is 0.346 e. The van der Waals surface area contributed by atoms with Gasteiger partial charge in [-0.15, -0.1) is 0 Å². The number of esters is 1. The van der Waals surface area contributed by atoms with Crippen LogP contribution in [-0.2, 0) is 0 Å². The van der Waals surface area contributed by atoms with Crippen LogP contribution in [-0.4, -0.2) is 11.8 Å². The Kier molecular flexibility index (Phi) is 5.03. The molecule has 0 aliphatic carbocycles. The van der Waals surface area contributed by atoms with Gasteiger partial charge >= 0.3 is 5.97 Å². The Balaban J connectivity index is 1.55. The van der Waals surface area contributed by atoms with Gasteiger partial charge in [0.15, 0.2) is 5.76 Å². The molecule has 0 N–H and O–H groups in total. The highest BCUT2D eigenvalue weighted by atomic mass is 19.1. The second-order valence-electron chi connectivity index (χ2n) is 6.25. The molecule has 5 heteroatoms. The Hall–Kier alpha value is -3.99. The van der Waals surface area contributed by atoms with Crippen molar-refractivity contribution < 1.29 is 23.1 Å². The van der Waals surface area contributed by atoms with E-state index in [2.05, 4.69) is 0 Å². The van der Waals surface area contributed by atoms with E-state index in [0.29, 0.717) is 11.1 Å².